The van der Waals surface area contributed by atoms with E-state index < -0.39 is 5.79 Å². The topological polar surface area (TPSA) is 84.3 Å². The van der Waals surface area contributed by atoms with E-state index in [1.165, 1.54) is 0 Å². The number of rotatable bonds is 5. The number of ketones is 1. The van der Waals surface area contributed by atoms with Crippen molar-refractivity contribution in [1.82, 2.24) is 0 Å². The summed E-state index contributed by atoms with van der Waals surface area (Å²) in [6, 6.07) is 0. The fourth-order valence-electron chi connectivity index (χ4n) is 3.99. The first kappa shape index (κ1) is 12.9. The van der Waals surface area contributed by atoms with Crippen LogP contribution in [0.2, 0.25) is 0 Å². The molecule has 2 saturated carbocycles. The molecule has 1 spiro atoms. The lowest BCUT2D eigenvalue weighted by atomic mass is 9.80. The number of azide groups is 1. The molecule has 0 unspecified atom stereocenters. The molecular formula is C13H19N3O3. The molecule has 0 aromatic carbocycles. The van der Waals surface area contributed by atoms with Gasteiger partial charge in [0.15, 0.2) is 5.79 Å². The second-order valence-electron chi connectivity index (χ2n) is 5.71. The molecule has 1 saturated heterocycles. The molecule has 104 valence electrons. The van der Waals surface area contributed by atoms with Gasteiger partial charge in [-0.3, -0.25) is 4.79 Å². The van der Waals surface area contributed by atoms with Gasteiger partial charge in [-0.2, -0.15) is 0 Å². The summed E-state index contributed by atoms with van der Waals surface area (Å²) in [5, 5.41) is 3.52. The fourth-order valence-corrected chi connectivity index (χ4v) is 3.99. The van der Waals surface area contributed by atoms with Crippen LogP contribution in [0.1, 0.15) is 32.1 Å². The first-order valence-corrected chi connectivity index (χ1v) is 7.09. The Morgan fingerprint density at radius 2 is 2.16 bits per heavy atom. The van der Waals surface area contributed by atoms with E-state index in [-0.39, 0.29) is 17.8 Å². The van der Waals surface area contributed by atoms with Crippen molar-refractivity contribution < 1.29 is 14.3 Å². The molecular weight excluding hydrogens is 246 g/mol. The predicted octanol–water partition coefficient (Wildman–Crippen LogP) is 2.44. The van der Waals surface area contributed by atoms with Crippen LogP contribution in [0.3, 0.4) is 0 Å². The molecule has 6 nitrogen and oxygen atoms in total. The third kappa shape index (κ3) is 2.14. The molecule has 3 atom stereocenters. The maximum Gasteiger partial charge on any atom is 0.172 e. The number of ether oxygens (including phenoxy) is 2. The molecule has 1 heterocycles. The van der Waals surface area contributed by atoms with Crippen molar-refractivity contribution >= 4 is 5.78 Å². The standard InChI is InChI=1S/C13H19N3O3/c14-16-15-4-2-1-3-10-11-7-9(12(10)17)8-13(11)18-5-6-19-13/h9-11H,1-8H2/t9-,10-,11-/m0/s1. The zero-order chi connectivity index (χ0) is 13.3. The lowest BCUT2D eigenvalue weighted by Crippen LogP contribution is -2.44. The summed E-state index contributed by atoms with van der Waals surface area (Å²) >= 11 is 0. The van der Waals surface area contributed by atoms with Crippen LogP contribution in [0.4, 0.5) is 0 Å². The van der Waals surface area contributed by atoms with Crippen LogP contribution in [0, 0.1) is 17.8 Å². The average molecular weight is 265 g/mol. The second-order valence-corrected chi connectivity index (χ2v) is 5.71. The van der Waals surface area contributed by atoms with Crippen molar-refractivity contribution in [2.45, 2.75) is 37.9 Å². The molecule has 6 heteroatoms. The summed E-state index contributed by atoms with van der Waals surface area (Å²) < 4.78 is 11.6. The van der Waals surface area contributed by atoms with Crippen LogP contribution >= 0.6 is 0 Å². The van der Waals surface area contributed by atoms with Gasteiger partial charge in [0, 0.05) is 35.6 Å². The van der Waals surface area contributed by atoms with E-state index in [1.807, 2.05) is 0 Å². The highest BCUT2D eigenvalue weighted by molar-refractivity contribution is 5.87. The molecule has 0 amide bonds. The molecule has 2 bridgehead atoms. The summed E-state index contributed by atoms with van der Waals surface area (Å²) in [6.45, 7) is 1.83. The number of unbranched alkanes of at least 4 members (excludes halogenated alkanes) is 1. The van der Waals surface area contributed by atoms with E-state index in [0.717, 1.165) is 32.1 Å². The summed E-state index contributed by atoms with van der Waals surface area (Å²) in [5.41, 5.74) is 8.22. The van der Waals surface area contributed by atoms with Gasteiger partial charge >= 0.3 is 0 Å². The van der Waals surface area contributed by atoms with Gasteiger partial charge in [0.05, 0.1) is 13.2 Å². The van der Waals surface area contributed by atoms with Crippen LogP contribution in [0.15, 0.2) is 5.11 Å². The minimum absolute atomic E-state index is 0.0860. The van der Waals surface area contributed by atoms with E-state index in [0.29, 0.717) is 25.5 Å². The Bertz CT molecular complexity index is 413. The summed E-state index contributed by atoms with van der Waals surface area (Å²) in [5.74, 6) is 0.423. The monoisotopic (exact) mass is 265 g/mol. The van der Waals surface area contributed by atoms with Crippen LogP contribution < -0.4 is 0 Å². The lowest BCUT2D eigenvalue weighted by molar-refractivity contribution is -0.202. The van der Waals surface area contributed by atoms with Gasteiger partial charge in [0.25, 0.3) is 0 Å². The number of carbonyl (C=O) groups is 1. The van der Waals surface area contributed by atoms with Crippen LogP contribution in [0.5, 0.6) is 0 Å². The zero-order valence-electron chi connectivity index (χ0n) is 11.0. The third-order valence-corrected chi connectivity index (χ3v) is 4.75. The minimum Gasteiger partial charge on any atom is -0.347 e. The van der Waals surface area contributed by atoms with Crippen molar-refractivity contribution in [3.63, 3.8) is 0 Å². The normalized spacial score (nSPS) is 34.9. The maximum absolute atomic E-state index is 12.2. The van der Waals surface area contributed by atoms with E-state index in [2.05, 4.69) is 10.0 Å². The highest BCUT2D eigenvalue weighted by atomic mass is 16.7. The average Bonchev–Trinajstić information content (AvgIpc) is 3.08. The van der Waals surface area contributed by atoms with Gasteiger partial charge in [-0.15, -0.1) is 0 Å². The second kappa shape index (κ2) is 5.12. The molecule has 2 aliphatic carbocycles. The first-order chi connectivity index (χ1) is 9.27. The number of Topliss-reactive ketones (excluding diaryl/α,β-unsaturated/α-hetero) is 1. The Hall–Kier alpha value is -1.10. The van der Waals surface area contributed by atoms with Gasteiger partial charge in [-0.1, -0.05) is 11.5 Å². The highest BCUT2D eigenvalue weighted by Gasteiger charge is 2.62. The number of hydrogen-bond acceptors (Lipinski definition) is 4. The predicted molar refractivity (Wildman–Crippen MR) is 67.2 cm³/mol. The Labute approximate surface area is 112 Å². The Morgan fingerprint density at radius 3 is 2.84 bits per heavy atom. The molecule has 0 radical (unpaired) electrons. The highest BCUT2D eigenvalue weighted by Crippen LogP contribution is 2.56. The number of hydrogen-bond donors (Lipinski definition) is 0. The van der Waals surface area contributed by atoms with E-state index in [4.69, 9.17) is 15.0 Å². The van der Waals surface area contributed by atoms with E-state index in [9.17, 15) is 4.79 Å². The molecule has 0 aromatic heterocycles. The number of fused-ring (bicyclic) bond motifs is 3. The summed E-state index contributed by atoms with van der Waals surface area (Å²) in [6.07, 6.45) is 4.33. The maximum atomic E-state index is 12.2. The molecule has 3 aliphatic rings. The van der Waals surface area contributed by atoms with Gasteiger partial charge in [0.1, 0.15) is 5.78 Å². The zero-order valence-corrected chi connectivity index (χ0v) is 11.0. The summed E-state index contributed by atoms with van der Waals surface area (Å²) in [7, 11) is 0. The number of nitrogens with zero attached hydrogens (tertiary/aromatic N) is 3. The summed E-state index contributed by atoms with van der Waals surface area (Å²) in [4.78, 5) is 15.0. The SMILES string of the molecule is [N-]=[N+]=NCCCC[C@@H]1C(=O)[C@H]2C[C@@H]1C1(C2)OCCO1. The minimum atomic E-state index is -0.450. The third-order valence-electron chi connectivity index (χ3n) is 4.75. The Kier molecular flexibility index (Phi) is 3.48. The van der Waals surface area contributed by atoms with Crippen molar-refractivity contribution in [3.05, 3.63) is 10.4 Å². The quantitative estimate of drug-likeness (QED) is 0.331. The van der Waals surface area contributed by atoms with E-state index in [1.54, 1.807) is 0 Å². The fraction of sp³-hybridized carbons (Fsp3) is 0.923. The molecule has 3 rings (SSSR count). The van der Waals surface area contributed by atoms with Gasteiger partial charge < -0.3 is 9.47 Å². The van der Waals surface area contributed by atoms with Crippen molar-refractivity contribution in [2.24, 2.45) is 22.9 Å². The van der Waals surface area contributed by atoms with Gasteiger partial charge in [-0.05, 0) is 24.8 Å². The molecule has 1 aliphatic heterocycles. The van der Waals surface area contributed by atoms with E-state index >= 15 is 0 Å². The lowest BCUT2D eigenvalue weighted by Gasteiger charge is -2.36. The van der Waals surface area contributed by atoms with Gasteiger partial charge in [-0.25, -0.2) is 0 Å². The van der Waals surface area contributed by atoms with Crippen LogP contribution in [-0.4, -0.2) is 31.3 Å². The van der Waals surface area contributed by atoms with Crippen LogP contribution in [-0.2, 0) is 14.3 Å². The molecule has 0 N–H and O–H groups in total. The van der Waals surface area contributed by atoms with Crippen molar-refractivity contribution in [3.8, 4) is 0 Å². The van der Waals surface area contributed by atoms with Crippen molar-refractivity contribution in [2.75, 3.05) is 19.8 Å². The van der Waals surface area contributed by atoms with Crippen molar-refractivity contribution in [1.29, 1.82) is 0 Å². The smallest absolute Gasteiger partial charge is 0.172 e. The largest absolute Gasteiger partial charge is 0.347 e. The number of carbonyl (C=O) groups excluding carboxylic acids is 1. The van der Waals surface area contributed by atoms with Gasteiger partial charge in [0.2, 0.25) is 0 Å². The molecule has 19 heavy (non-hydrogen) atoms. The first-order valence-electron chi connectivity index (χ1n) is 7.09. The molecule has 0 aromatic rings. The Balaban J connectivity index is 1.58. The Morgan fingerprint density at radius 1 is 1.37 bits per heavy atom. The molecule has 3 fully saturated rings. The van der Waals surface area contributed by atoms with Crippen LogP contribution in [0.25, 0.3) is 10.4 Å².